The van der Waals surface area contributed by atoms with E-state index in [1.807, 2.05) is 0 Å². The second-order valence-electron chi connectivity index (χ2n) is 4.88. The molecule has 1 aliphatic rings. The fourth-order valence-electron chi connectivity index (χ4n) is 2.16. The molecule has 1 N–H and O–H groups in total. The average molecular weight is 330 g/mol. The maximum absolute atomic E-state index is 13.0. The van der Waals surface area contributed by atoms with Crippen LogP contribution in [0.2, 0.25) is 0 Å². The molecule has 5 nitrogen and oxygen atoms in total. The number of amides is 2. The predicted molar refractivity (Wildman–Crippen MR) is 86.0 cm³/mol. The van der Waals surface area contributed by atoms with Crippen LogP contribution in [0.25, 0.3) is 6.08 Å². The molecule has 0 aliphatic carbocycles. The van der Waals surface area contributed by atoms with Gasteiger partial charge in [0.2, 0.25) is 0 Å². The molecule has 2 amide bonds. The highest BCUT2D eigenvalue weighted by atomic mass is 32.1. The molecule has 0 saturated carbocycles. The molecule has 2 heterocycles. The lowest BCUT2D eigenvalue weighted by Crippen LogP contribution is -2.54. The van der Waals surface area contributed by atoms with Gasteiger partial charge in [0.1, 0.15) is 22.9 Å². The first-order valence-electron chi connectivity index (χ1n) is 6.69. The first kappa shape index (κ1) is 15.1. The van der Waals surface area contributed by atoms with Crippen LogP contribution in [0.1, 0.15) is 11.5 Å². The maximum Gasteiger partial charge on any atom is 0.270 e. The standard InChI is InChI=1S/C16H11FN2O3S/c1-9-2-7-12(22-9)8-13-14(20)18-16(23)19(15(13)21)11-5-3-10(17)4-6-11/h2-8H,1H3,(H,18,20,23)/b13-8+. The minimum atomic E-state index is -0.604. The number of anilines is 1. The predicted octanol–water partition coefficient (Wildman–Crippen LogP) is 2.56. The first-order valence-corrected chi connectivity index (χ1v) is 7.10. The van der Waals surface area contributed by atoms with Crippen LogP contribution in [0.4, 0.5) is 10.1 Å². The SMILES string of the molecule is Cc1ccc(/C=C2\C(=O)NC(=S)N(c3ccc(F)cc3)C2=O)o1. The number of benzene rings is 1. The largest absolute Gasteiger partial charge is 0.462 e. The van der Waals surface area contributed by atoms with Gasteiger partial charge in [0.05, 0.1) is 5.69 Å². The number of halogens is 1. The van der Waals surface area contributed by atoms with Crippen molar-refractivity contribution in [2.75, 3.05) is 4.90 Å². The van der Waals surface area contributed by atoms with Gasteiger partial charge in [-0.3, -0.25) is 19.8 Å². The average Bonchev–Trinajstić information content (AvgIpc) is 2.91. The van der Waals surface area contributed by atoms with Gasteiger partial charge in [-0.15, -0.1) is 0 Å². The zero-order chi connectivity index (χ0) is 16.6. The monoisotopic (exact) mass is 330 g/mol. The van der Waals surface area contributed by atoms with Crippen LogP contribution in [0, 0.1) is 12.7 Å². The van der Waals surface area contributed by atoms with Gasteiger partial charge in [-0.2, -0.15) is 0 Å². The quantitative estimate of drug-likeness (QED) is 0.522. The molecule has 1 saturated heterocycles. The first-order chi connectivity index (χ1) is 11.0. The van der Waals surface area contributed by atoms with Gasteiger partial charge in [0.25, 0.3) is 11.8 Å². The summed E-state index contributed by atoms with van der Waals surface area (Å²) in [5.74, 6) is -0.596. The zero-order valence-electron chi connectivity index (χ0n) is 12.0. The van der Waals surface area contributed by atoms with Crippen LogP contribution < -0.4 is 10.2 Å². The van der Waals surface area contributed by atoms with Crippen molar-refractivity contribution < 1.29 is 18.4 Å². The molecule has 1 aliphatic heterocycles. The van der Waals surface area contributed by atoms with Crippen molar-refractivity contribution in [2.24, 2.45) is 0 Å². The fourth-order valence-corrected chi connectivity index (χ4v) is 2.44. The molecular weight excluding hydrogens is 319 g/mol. The van der Waals surface area contributed by atoms with Crippen molar-refractivity contribution >= 4 is 40.9 Å². The Kier molecular flexibility index (Phi) is 3.79. The van der Waals surface area contributed by atoms with Crippen molar-refractivity contribution in [3.63, 3.8) is 0 Å². The molecule has 1 aromatic carbocycles. The highest BCUT2D eigenvalue weighted by Gasteiger charge is 2.34. The van der Waals surface area contributed by atoms with Crippen molar-refractivity contribution in [3.05, 3.63) is 59.3 Å². The molecule has 23 heavy (non-hydrogen) atoms. The Balaban J connectivity index is 2.00. The van der Waals surface area contributed by atoms with E-state index in [1.165, 1.54) is 30.3 Å². The number of aryl methyl sites for hydroxylation is 1. The maximum atomic E-state index is 13.0. The van der Waals surface area contributed by atoms with E-state index in [9.17, 15) is 14.0 Å². The molecule has 0 atom stereocenters. The van der Waals surface area contributed by atoms with E-state index in [2.05, 4.69) is 5.32 Å². The lowest BCUT2D eigenvalue weighted by atomic mass is 10.1. The van der Waals surface area contributed by atoms with Gasteiger partial charge in [-0.1, -0.05) is 0 Å². The molecule has 0 spiro atoms. The Morgan fingerprint density at radius 2 is 1.87 bits per heavy atom. The molecule has 1 aromatic heterocycles. The molecule has 7 heteroatoms. The lowest BCUT2D eigenvalue weighted by molar-refractivity contribution is -0.122. The normalized spacial score (nSPS) is 16.9. The van der Waals surface area contributed by atoms with Crippen molar-refractivity contribution in [2.45, 2.75) is 6.92 Å². The topological polar surface area (TPSA) is 62.6 Å². The molecule has 0 radical (unpaired) electrons. The van der Waals surface area contributed by atoms with Crippen LogP contribution in [0.5, 0.6) is 0 Å². The van der Waals surface area contributed by atoms with E-state index in [0.29, 0.717) is 17.2 Å². The molecule has 3 rings (SSSR count). The molecule has 0 unspecified atom stereocenters. The van der Waals surface area contributed by atoms with E-state index < -0.39 is 17.6 Å². The number of nitrogens with one attached hydrogen (secondary N) is 1. The van der Waals surface area contributed by atoms with Gasteiger partial charge in [-0.05, 0) is 61.6 Å². The minimum Gasteiger partial charge on any atom is -0.462 e. The van der Waals surface area contributed by atoms with Crippen molar-refractivity contribution in [3.8, 4) is 0 Å². The van der Waals surface area contributed by atoms with Gasteiger partial charge < -0.3 is 4.42 Å². The number of furan rings is 1. The van der Waals surface area contributed by atoms with Gasteiger partial charge in [-0.25, -0.2) is 4.39 Å². The van der Waals surface area contributed by atoms with E-state index in [-0.39, 0.29) is 10.7 Å². The summed E-state index contributed by atoms with van der Waals surface area (Å²) in [5.41, 5.74) is 0.250. The number of thiocarbonyl (C=S) groups is 1. The molecular formula is C16H11FN2O3S. The third-order valence-corrected chi connectivity index (χ3v) is 3.52. The van der Waals surface area contributed by atoms with Crippen molar-refractivity contribution in [1.29, 1.82) is 0 Å². The summed E-state index contributed by atoms with van der Waals surface area (Å²) < 4.78 is 18.4. The second-order valence-corrected chi connectivity index (χ2v) is 5.27. The fraction of sp³-hybridized carbons (Fsp3) is 0.0625. The second kappa shape index (κ2) is 5.77. The smallest absolute Gasteiger partial charge is 0.270 e. The number of hydrogen-bond acceptors (Lipinski definition) is 4. The summed E-state index contributed by atoms with van der Waals surface area (Å²) in [7, 11) is 0. The van der Waals surface area contributed by atoms with E-state index in [0.717, 1.165) is 4.90 Å². The van der Waals surface area contributed by atoms with Crippen LogP contribution in [-0.4, -0.2) is 16.9 Å². The molecule has 0 bridgehead atoms. The third kappa shape index (κ3) is 2.91. The third-order valence-electron chi connectivity index (χ3n) is 3.23. The Labute approximate surface area is 136 Å². The zero-order valence-corrected chi connectivity index (χ0v) is 12.8. The van der Waals surface area contributed by atoms with Gasteiger partial charge >= 0.3 is 0 Å². The highest BCUT2D eigenvalue weighted by Crippen LogP contribution is 2.22. The number of carbonyl (C=O) groups is 2. The number of hydrogen-bond donors (Lipinski definition) is 1. The van der Waals surface area contributed by atoms with Crippen LogP contribution in [0.3, 0.4) is 0 Å². The Morgan fingerprint density at radius 1 is 1.17 bits per heavy atom. The summed E-state index contributed by atoms with van der Waals surface area (Å²) in [5, 5.41) is 2.39. The van der Waals surface area contributed by atoms with Gasteiger partial charge in [0.15, 0.2) is 5.11 Å². The molecule has 1 fully saturated rings. The molecule has 116 valence electrons. The summed E-state index contributed by atoms with van der Waals surface area (Å²) in [6, 6.07) is 8.61. The van der Waals surface area contributed by atoms with Crippen LogP contribution in [0.15, 0.2) is 46.4 Å². The molecule has 2 aromatic rings. The van der Waals surface area contributed by atoms with Crippen LogP contribution in [-0.2, 0) is 9.59 Å². The Bertz CT molecular complexity index is 839. The lowest BCUT2D eigenvalue weighted by Gasteiger charge is -2.28. The number of carbonyl (C=O) groups excluding carboxylic acids is 2. The number of rotatable bonds is 2. The van der Waals surface area contributed by atoms with Crippen molar-refractivity contribution in [1.82, 2.24) is 5.32 Å². The van der Waals surface area contributed by atoms with E-state index in [1.54, 1.807) is 19.1 Å². The summed E-state index contributed by atoms with van der Waals surface area (Å²) in [6.45, 7) is 1.75. The van der Waals surface area contributed by atoms with E-state index >= 15 is 0 Å². The Hall–Kier alpha value is -2.80. The Morgan fingerprint density at radius 3 is 2.48 bits per heavy atom. The minimum absolute atomic E-state index is 0.0561. The number of nitrogens with zero attached hydrogens (tertiary/aromatic N) is 1. The summed E-state index contributed by atoms with van der Waals surface area (Å²) >= 11 is 5.05. The van der Waals surface area contributed by atoms with E-state index in [4.69, 9.17) is 16.6 Å². The van der Waals surface area contributed by atoms with Crippen LogP contribution >= 0.6 is 12.2 Å². The summed E-state index contributed by atoms with van der Waals surface area (Å²) in [6.07, 6.45) is 1.35. The summed E-state index contributed by atoms with van der Waals surface area (Å²) in [4.78, 5) is 25.8. The van der Waals surface area contributed by atoms with Gasteiger partial charge in [0, 0.05) is 0 Å². The highest BCUT2D eigenvalue weighted by molar-refractivity contribution is 7.80.